The molecular weight excluding hydrogens is 312 g/mol. The molecule has 0 spiro atoms. The topological polar surface area (TPSA) is 60.4 Å². The van der Waals surface area contributed by atoms with Crippen molar-refractivity contribution >= 4 is 27.4 Å². The molecule has 0 aliphatic carbocycles. The van der Waals surface area contributed by atoms with Gasteiger partial charge in [-0.3, -0.25) is 4.79 Å². The second kappa shape index (κ2) is 8.20. The Bertz CT molecular complexity index is 593. The summed E-state index contributed by atoms with van der Waals surface area (Å²) in [5, 5.41) is -0.791. The largest absolute Gasteiger partial charge is 0.465 e. The zero-order valence-corrected chi connectivity index (χ0v) is 13.7. The van der Waals surface area contributed by atoms with Crippen LogP contribution in [0.2, 0.25) is 0 Å². The maximum Gasteiger partial charge on any atom is 0.324 e. The van der Waals surface area contributed by atoms with Crippen LogP contribution >= 0.6 is 11.6 Å². The number of rotatable bonds is 7. The molecule has 0 radical (unpaired) electrons. The fraction of sp³-hybridized carbons (Fsp3) is 0.400. The molecule has 0 aliphatic rings. The van der Waals surface area contributed by atoms with Crippen LogP contribution in [0.5, 0.6) is 0 Å². The highest BCUT2D eigenvalue weighted by molar-refractivity contribution is 7.91. The Balaban J connectivity index is 2.66. The van der Waals surface area contributed by atoms with Crippen LogP contribution in [-0.4, -0.2) is 32.1 Å². The minimum Gasteiger partial charge on any atom is -0.465 e. The first-order chi connectivity index (χ1) is 9.86. The molecule has 0 heterocycles. The van der Waals surface area contributed by atoms with Crippen molar-refractivity contribution in [1.82, 2.24) is 0 Å². The molecule has 0 N–H and O–H groups in total. The first-order valence-corrected chi connectivity index (χ1v) is 8.70. The average molecular weight is 331 g/mol. The van der Waals surface area contributed by atoms with Gasteiger partial charge in [-0.2, -0.15) is 0 Å². The van der Waals surface area contributed by atoms with Gasteiger partial charge in [0.1, 0.15) is 5.38 Å². The number of halogens is 1. The van der Waals surface area contributed by atoms with Crippen LogP contribution in [0.25, 0.3) is 0 Å². The molecule has 1 aromatic carbocycles. The number of hydrogen-bond donors (Lipinski definition) is 0. The number of carbonyl (C=O) groups is 1. The standard InChI is InChI=1S/C15H19ClO4S/c1-3-20-15(17)14(16)11-12(2)9-10-21(18,19)13-7-5-4-6-8-13/h4-9,14H,3,10-11H2,1-2H3/b12-9-. The van der Waals surface area contributed by atoms with Gasteiger partial charge in [0.2, 0.25) is 0 Å². The van der Waals surface area contributed by atoms with Crippen molar-refractivity contribution < 1.29 is 17.9 Å². The van der Waals surface area contributed by atoms with Crippen molar-refractivity contribution in [3.05, 3.63) is 42.0 Å². The van der Waals surface area contributed by atoms with Gasteiger partial charge >= 0.3 is 5.97 Å². The third kappa shape index (κ3) is 5.89. The van der Waals surface area contributed by atoms with Crippen LogP contribution < -0.4 is 0 Å². The van der Waals surface area contributed by atoms with Gasteiger partial charge in [0.15, 0.2) is 9.84 Å². The van der Waals surface area contributed by atoms with Gasteiger partial charge < -0.3 is 4.74 Å². The number of hydrogen-bond acceptors (Lipinski definition) is 4. The monoisotopic (exact) mass is 330 g/mol. The Kier molecular flexibility index (Phi) is 6.92. The number of esters is 1. The normalized spacial score (nSPS) is 13.8. The first-order valence-electron chi connectivity index (χ1n) is 6.61. The van der Waals surface area contributed by atoms with Crippen LogP contribution in [0.4, 0.5) is 0 Å². The predicted molar refractivity (Wildman–Crippen MR) is 83.1 cm³/mol. The van der Waals surface area contributed by atoms with Crippen molar-refractivity contribution in [2.75, 3.05) is 12.4 Å². The summed E-state index contributed by atoms with van der Waals surface area (Å²) in [6.45, 7) is 3.72. The van der Waals surface area contributed by atoms with Gasteiger partial charge in [-0.25, -0.2) is 8.42 Å². The zero-order chi connectivity index (χ0) is 15.9. The van der Waals surface area contributed by atoms with Crippen LogP contribution in [-0.2, 0) is 19.4 Å². The highest BCUT2D eigenvalue weighted by atomic mass is 35.5. The molecule has 0 saturated carbocycles. The molecule has 4 nitrogen and oxygen atoms in total. The maximum atomic E-state index is 12.1. The summed E-state index contributed by atoms with van der Waals surface area (Å²) >= 11 is 5.91. The molecule has 0 aromatic heterocycles. The molecule has 21 heavy (non-hydrogen) atoms. The second-order valence-electron chi connectivity index (χ2n) is 4.57. The van der Waals surface area contributed by atoms with Crippen molar-refractivity contribution in [2.45, 2.75) is 30.5 Å². The number of carbonyl (C=O) groups excluding carboxylic acids is 1. The molecule has 0 fully saturated rings. The van der Waals surface area contributed by atoms with Crippen molar-refractivity contribution in [3.63, 3.8) is 0 Å². The van der Waals surface area contributed by atoms with E-state index in [4.69, 9.17) is 16.3 Å². The van der Waals surface area contributed by atoms with Gasteiger partial charge in [0.05, 0.1) is 17.3 Å². The minimum atomic E-state index is -3.36. The number of sulfone groups is 1. The summed E-state index contributed by atoms with van der Waals surface area (Å²) in [6, 6.07) is 8.23. The van der Waals surface area contributed by atoms with Crippen molar-refractivity contribution in [1.29, 1.82) is 0 Å². The van der Waals surface area contributed by atoms with E-state index in [1.54, 1.807) is 50.3 Å². The number of benzene rings is 1. The highest BCUT2D eigenvalue weighted by Crippen LogP contribution is 2.15. The van der Waals surface area contributed by atoms with E-state index in [1.165, 1.54) is 0 Å². The van der Waals surface area contributed by atoms with Crippen LogP contribution in [0.3, 0.4) is 0 Å². The minimum absolute atomic E-state index is 0.116. The maximum absolute atomic E-state index is 12.1. The lowest BCUT2D eigenvalue weighted by Crippen LogP contribution is -2.18. The summed E-state index contributed by atoms with van der Waals surface area (Å²) in [6.07, 6.45) is 1.85. The van der Waals surface area contributed by atoms with Crippen molar-refractivity contribution in [3.8, 4) is 0 Å². The van der Waals surface area contributed by atoms with Gasteiger partial charge in [-0.15, -0.1) is 11.6 Å². The van der Waals surface area contributed by atoms with E-state index < -0.39 is 21.2 Å². The lowest BCUT2D eigenvalue weighted by atomic mass is 10.1. The summed E-state index contributed by atoms with van der Waals surface area (Å²) in [7, 11) is -3.36. The van der Waals surface area contributed by atoms with Crippen LogP contribution in [0, 0.1) is 0 Å². The number of ether oxygens (including phenoxy) is 1. The summed E-state index contributed by atoms with van der Waals surface area (Å²) in [5.41, 5.74) is 0.738. The van der Waals surface area contributed by atoms with Gasteiger partial charge in [-0.05, 0) is 32.4 Å². The second-order valence-corrected chi connectivity index (χ2v) is 7.13. The molecule has 1 unspecified atom stereocenters. The van der Waals surface area contributed by atoms with E-state index in [-0.39, 0.29) is 23.7 Å². The summed E-state index contributed by atoms with van der Waals surface area (Å²) < 4.78 is 29.0. The lowest BCUT2D eigenvalue weighted by molar-refractivity contribution is -0.142. The van der Waals surface area contributed by atoms with Crippen LogP contribution in [0.15, 0.2) is 46.9 Å². The first kappa shape index (κ1) is 17.7. The SMILES string of the molecule is CCOC(=O)C(Cl)C/C(C)=C\CS(=O)(=O)c1ccccc1. The molecule has 1 rings (SSSR count). The molecule has 1 aromatic rings. The molecule has 0 bridgehead atoms. The average Bonchev–Trinajstić information content (AvgIpc) is 2.46. The van der Waals surface area contributed by atoms with Crippen LogP contribution in [0.1, 0.15) is 20.3 Å². The Morgan fingerprint density at radius 3 is 2.52 bits per heavy atom. The molecular formula is C15H19ClO4S. The van der Waals surface area contributed by atoms with E-state index >= 15 is 0 Å². The quantitative estimate of drug-likeness (QED) is 0.438. The van der Waals surface area contributed by atoms with Gasteiger partial charge in [0, 0.05) is 0 Å². The fourth-order valence-electron chi connectivity index (χ4n) is 1.66. The predicted octanol–water partition coefficient (Wildman–Crippen LogP) is 2.97. The Labute approximate surface area is 130 Å². The molecule has 0 amide bonds. The third-order valence-corrected chi connectivity index (χ3v) is 4.73. The van der Waals surface area contributed by atoms with E-state index in [9.17, 15) is 13.2 Å². The Morgan fingerprint density at radius 2 is 1.95 bits per heavy atom. The summed E-state index contributed by atoms with van der Waals surface area (Å²) in [4.78, 5) is 11.7. The molecule has 0 aliphatic heterocycles. The molecule has 6 heteroatoms. The summed E-state index contributed by atoms with van der Waals surface area (Å²) in [5.74, 6) is -0.604. The van der Waals surface area contributed by atoms with E-state index in [0.717, 1.165) is 5.57 Å². The molecule has 116 valence electrons. The van der Waals surface area contributed by atoms with E-state index in [0.29, 0.717) is 0 Å². The van der Waals surface area contributed by atoms with Gasteiger partial charge in [-0.1, -0.05) is 29.8 Å². The highest BCUT2D eigenvalue weighted by Gasteiger charge is 2.17. The molecule has 1 atom stereocenters. The van der Waals surface area contributed by atoms with E-state index in [2.05, 4.69) is 0 Å². The number of allylic oxidation sites excluding steroid dienone is 1. The number of alkyl halides is 1. The van der Waals surface area contributed by atoms with Crippen molar-refractivity contribution in [2.24, 2.45) is 0 Å². The smallest absolute Gasteiger partial charge is 0.324 e. The molecule has 0 saturated heterocycles. The Hall–Kier alpha value is -1.33. The van der Waals surface area contributed by atoms with Gasteiger partial charge in [0.25, 0.3) is 0 Å². The zero-order valence-electron chi connectivity index (χ0n) is 12.1. The third-order valence-electron chi connectivity index (χ3n) is 2.80. The Morgan fingerprint density at radius 1 is 1.33 bits per heavy atom. The fourth-order valence-corrected chi connectivity index (χ4v) is 3.23. The van der Waals surface area contributed by atoms with E-state index in [1.807, 2.05) is 0 Å². The lowest BCUT2D eigenvalue weighted by Gasteiger charge is -2.09.